The fourth-order valence-corrected chi connectivity index (χ4v) is 4.63. The molecular weight excluding hydrogens is 354 g/mol. The predicted octanol–water partition coefficient (Wildman–Crippen LogP) is 2.80. The molecule has 0 spiro atoms. The van der Waals surface area contributed by atoms with E-state index in [-0.39, 0.29) is 20.8 Å². The summed E-state index contributed by atoms with van der Waals surface area (Å²) in [5.41, 5.74) is 2.79. The van der Waals surface area contributed by atoms with Crippen LogP contribution < -0.4 is 9.05 Å². The van der Waals surface area contributed by atoms with E-state index in [2.05, 4.69) is 28.7 Å². The zero-order valence-electron chi connectivity index (χ0n) is 12.2. The van der Waals surface area contributed by atoms with Crippen LogP contribution >= 0.6 is 0 Å². The van der Waals surface area contributed by atoms with Crippen molar-refractivity contribution in [2.75, 3.05) is 0 Å². The minimum absolute atomic E-state index is 0.117. The monoisotopic (exact) mass is 368 g/mol. The van der Waals surface area contributed by atoms with E-state index >= 15 is 0 Å². The fourth-order valence-electron chi connectivity index (χ4n) is 2.47. The van der Waals surface area contributed by atoms with Crippen molar-refractivity contribution in [2.45, 2.75) is 0 Å². The second kappa shape index (κ2) is 5.99. The Bertz CT molecular complexity index is 946. The Kier molecular flexibility index (Phi) is 3.70. The molecule has 0 amide bonds. The van der Waals surface area contributed by atoms with Crippen LogP contribution in [0.1, 0.15) is 0 Å². The van der Waals surface area contributed by atoms with Gasteiger partial charge in [0.05, 0.1) is 0 Å². The van der Waals surface area contributed by atoms with E-state index < -0.39 is 0 Å². The van der Waals surface area contributed by atoms with Crippen LogP contribution in [0.15, 0.2) is 79.0 Å². The summed E-state index contributed by atoms with van der Waals surface area (Å²) in [5, 5.41) is 0. The van der Waals surface area contributed by atoms with Gasteiger partial charge >= 0.3 is 140 Å². The molecule has 4 aromatic rings. The predicted molar refractivity (Wildman–Crippen MR) is 92.0 cm³/mol. The Labute approximate surface area is 139 Å². The SMILES string of the molecule is Fc1ccc(-c2nc3ccccn3c2[Se]c2ccccc2)cc1. The Morgan fingerprint density at radius 2 is 1.57 bits per heavy atom. The van der Waals surface area contributed by atoms with Crippen LogP contribution in [0.2, 0.25) is 0 Å². The number of fused-ring (bicyclic) bond motifs is 1. The summed E-state index contributed by atoms with van der Waals surface area (Å²) in [6.45, 7) is 0. The number of pyridine rings is 1. The molecule has 0 unspecified atom stereocenters. The van der Waals surface area contributed by atoms with E-state index in [1.54, 1.807) is 12.1 Å². The van der Waals surface area contributed by atoms with Crippen LogP contribution in [0.4, 0.5) is 4.39 Å². The van der Waals surface area contributed by atoms with Crippen LogP contribution in [0.25, 0.3) is 16.9 Å². The maximum atomic E-state index is 13.2. The topological polar surface area (TPSA) is 17.3 Å². The number of aromatic nitrogens is 2. The average molecular weight is 367 g/mol. The van der Waals surface area contributed by atoms with E-state index in [0.29, 0.717) is 0 Å². The van der Waals surface area contributed by atoms with Crippen molar-refractivity contribution in [2.24, 2.45) is 0 Å². The third kappa shape index (κ3) is 2.79. The first-order chi connectivity index (χ1) is 11.3. The number of hydrogen-bond donors (Lipinski definition) is 0. The fraction of sp³-hybridized carbons (Fsp3) is 0. The second-order valence-electron chi connectivity index (χ2n) is 5.12. The molecule has 2 aromatic carbocycles. The molecule has 4 rings (SSSR count). The van der Waals surface area contributed by atoms with Gasteiger partial charge in [0.15, 0.2) is 0 Å². The van der Waals surface area contributed by atoms with Crippen LogP contribution in [0.5, 0.6) is 0 Å². The molecule has 0 fully saturated rings. The summed E-state index contributed by atoms with van der Waals surface area (Å²) in [6, 6.07) is 22.9. The summed E-state index contributed by atoms with van der Waals surface area (Å²) in [4.78, 5) is 4.76. The molecule has 0 aliphatic carbocycles. The van der Waals surface area contributed by atoms with Crippen LogP contribution in [0.3, 0.4) is 0 Å². The summed E-state index contributed by atoms with van der Waals surface area (Å²) in [7, 11) is 0. The molecule has 0 radical (unpaired) electrons. The number of nitrogens with zero attached hydrogens (tertiary/aromatic N) is 2. The zero-order chi connectivity index (χ0) is 15.6. The van der Waals surface area contributed by atoms with Gasteiger partial charge in [-0.2, -0.15) is 0 Å². The van der Waals surface area contributed by atoms with Gasteiger partial charge in [0.25, 0.3) is 0 Å². The average Bonchev–Trinajstić information content (AvgIpc) is 2.95. The van der Waals surface area contributed by atoms with Crippen molar-refractivity contribution in [1.82, 2.24) is 9.38 Å². The molecule has 2 aromatic heterocycles. The van der Waals surface area contributed by atoms with Gasteiger partial charge in [-0.25, -0.2) is 0 Å². The van der Waals surface area contributed by atoms with Crippen LogP contribution in [-0.4, -0.2) is 24.3 Å². The number of halogens is 1. The van der Waals surface area contributed by atoms with Crippen molar-refractivity contribution < 1.29 is 4.39 Å². The van der Waals surface area contributed by atoms with Gasteiger partial charge < -0.3 is 0 Å². The Hall–Kier alpha value is -2.42. The molecule has 23 heavy (non-hydrogen) atoms. The molecule has 2 nitrogen and oxygen atoms in total. The normalized spacial score (nSPS) is 11.0. The van der Waals surface area contributed by atoms with E-state index in [4.69, 9.17) is 4.98 Å². The van der Waals surface area contributed by atoms with Crippen molar-refractivity contribution in [1.29, 1.82) is 0 Å². The van der Waals surface area contributed by atoms with Crippen molar-refractivity contribution in [3.8, 4) is 11.3 Å². The number of benzene rings is 2. The van der Waals surface area contributed by atoms with E-state index in [1.165, 1.54) is 21.2 Å². The molecule has 4 heteroatoms. The number of rotatable bonds is 3. The maximum absolute atomic E-state index is 13.2. The summed E-state index contributed by atoms with van der Waals surface area (Å²) >= 11 is 0.117. The zero-order valence-corrected chi connectivity index (χ0v) is 13.9. The van der Waals surface area contributed by atoms with Crippen LogP contribution in [0, 0.1) is 5.82 Å². The van der Waals surface area contributed by atoms with Gasteiger partial charge in [-0.15, -0.1) is 0 Å². The Morgan fingerprint density at radius 3 is 2.35 bits per heavy atom. The standard InChI is InChI=1S/C19H13FN2Se/c20-15-11-9-14(10-12-15)18-19(23-16-6-2-1-3-7-16)22-13-5-4-8-17(22)21-18/h1-13H. The molecule has 2 heterocycles. The molecule has 0 bridgehead atoms. The third-order valence-corrected chi connectivity index (χ3v) is 5.85. The molecule has 0 saturated carbocycles. The molecule has 0 aliphatic heterocycles. The van der Waals surface area contributed by atoms with E-state index in [1.807, 2.05) is 30.5 Å². The summed E-state index contributed by atoms with van der Waals surface area (Å²) in [5.74, 6) is -0.229. The molecule has 0 aliphatic rings. The molecule has 0 saturated heterocycles. The van der Waals surface area contributed by atoms with Crippen molar-refractivity contribution in [3.63, 3.8) is 0 Å². The first-order valence-corrected chi connectivity index (χ1v) is 8.98. The van der Waals surface area contributed by atoms with Crippen molar-refractivity contribution in [3.05, 3.63) is 84.8 Å². The molecular formula is C19H13FN2Se. The third-order valence-electron chi connectivity index (χ3n) is 3.56. The molecule has 112 valence electrons. The molecule has 0 N–H and O–H groups in total. The van der Waals surface area contributed by atoms with Gasteiger partial charge in [0.1, 0.15) is 0 Å². The number of imidazole rings is 1. The van der Waals surface area contributed by atoms with Gasteiger partial charge in [0, 0.05) is 0 Å². The van der Waals surface area contributed by atoms with E-state index in [0.717, 1.165) is 16.9 Å². The van der Waals surface area contributed by atoms with Gasteiger partial charge in [-0.05, 0) is 0 Å². The Balaban J connectivity index is 1.89. The minimum atomic E-state index is -0.229. The summed E-state index contributed by atoms with van der Waals surface area (Å²) < 4.78 is 17.8. The second-order valence-corrected chi connectivity index (χ2v) is 7.35. The quantitative estimate of drug-likeness (QED) is 0.509. The Morgan fingerprint density at radius 1 is 0.826 bits per heavy atom. The first-order valence-electron chi connectivity index (χ1n) is 7.27. The molecule has 0 atom stereocenters. The summed E-state index contributed by atoms with van der Waals surface area (Å²) in [6.07, 6.45) is 2.04. The van der Waals surface area contributed by atoms with Gasteiger partial charge in [-0.3, -0.25) is 0 Å². The first kappa shape index (κ1) is 14.2. The van der Waals surface area contributed by atoms with Gasteiger partial charge in [0.2, 0.25) is 0 Å². The van der Waals surface area contributed by atoms with Gasteiger partial charge in [-0.1, -0.05) is 0 Å². The van der Waals surface area contributed by atoms with Crippen LogP contribution in [-0.2, 0) is 0 Å². The van der Waals surface area contributed by atoms with E-state index in [9.17, 15) is 4.39 Å². The number of hydrogen-bond acceptors (Lipinski definition) is 1. The van der Waals surface area contributed by atoms with Crippen molar-refractivity contribution >= 4 is 29.7 Å².